The van der Waals surface area contributed by atoms with Crippen LogP contribution in [-0.2, 0) is 14.3 Å². The molecule has 0 bridgehead atoms. The Morgan fingerprint density at radius 2 is 2.10 bits per heavy atom. The number of ether oxygens (including phenoxy) is 1. The van der Waals surface area contributed by atoms with E-state index in [1.54, 1.807) is 0 Å². The van der Waals surface area contributed by atoms with Gasteiger partial charge in [-0.05, 0) is 12.5 Å². The molecule has 1 N–H and O–H groups in total. The summed E-state index contributed by atoms with van der Waals surface area (Å²) in [6, 6.07) is 10.6. The van der Waals surface area contributed by atoms with Gasteiger partial charge in [0.15, 0.2) is 0 Å². The number of benzene rings is 1. The first-order valence-electron chi connectivity index (χ1n) is 7.31. The molecule has 1 fully saturated rings. The van der Waals surface area contributed by atoms with Crippen LogP contribution in [0.5, 0.6) is 0 Å². The summed E-state index contributed by atoms with van der Waals surface area (Å²) in [5.74, 6) is -0.599. The molecule has 1 aromatic carbocycles. The Morgan fingerprint density at radius 3 is 2.81 bits per heavy atom. The number of hydrogen-bond acceptors (Lipinski definition) is 5. The number of piperazine rings is 1. The highest BCUT2D eigenvalue weighted by molar-refractivity contribution is 5.94. The molecule has 0 aromatic heterocycles. The van der Waals surface area contributed by atoms with Gasteiger partial charge in [-0.1, -0.05) is 30.3 Å². The topological polar surface area (TPSA) is 58.6 Å². The molecule has 1 aromatic rings. The number of rotatable bonds is 6. The molecule has 1 aliphatic rings. The van der Waals surface area contributed by atoms with E-state index in [2.05, 4.69) is 22.3 Å². The molecule has 5 nitrogen and oxygen atoms in total. The van der Waals surface area contributed by atoms with Gasteiger partial charge in [-0.2, -0.15) is 0 Å². The summed E-state index contributed by atoms with van der Waals surface area (Å²) in [7, 11) is 0. The Morgan fingerprint density at radius 1 is 1.33 bits per heavy atom. The van der Waals surface area contributed by atoms with Crippen LogP contribution < -0.4 is 5.32 Å². The number of ketones is 1. The molecular weight excluding hydrogens is 268 g/mol. The molecule has 1 unspecified atom stereocenters. The Balaban J connectivity index is 1.85. The number of nitrogens with one attached hydrogen (secondary N) is 1. The fourth-order valence-corrected chi connectivity index (χ4v) is 2.55. The highest BCUT2D eigenvalue weighted by Crippen LogP contribution is 2.21. The lowest BCUT2D eigenvalue weighted by molar-refractivity contribution is -0.146. The van der Waals surface area contributed by atoms with Crippen LogP contribution in [0.15, 0.2) is 30.3 Å². The molecule has 2 rings (SSSR count). The summed E-state index contributed by atoms with van der Waals surface area (Å²) >= 11 is 0. The summed E-state index contributed by atoms with van der Waals surface area (Å²) in [5, 5.41) is 3.39. The van der Waals surface area contributed by atoms with Crippen molar-refractivity contribution in [3.8, 4) is 0 Å². The molecule has 1 heterocycles. The molecular formula is C16H22N2O3. The van der Waals surface area contributed by atoms with Gasteiger partial charge in [0.05, 0.1) is 0 Å². The van der Waals surface area contributed by atoms with E-state index in [1.807, 2.05) is 18.2 Å². The summed E-state index contributed by atoms with van der Waals surface area (Å²) in [6.07, 6.45) is -0.135. The van der Waals surface area contributed by atoms with Crippen molar-refractivity contribution >= 4 is 11.8 Å². The molecule has 5 heteroatoms. The third-order valence-corrected chi connectivity index (χ3v) is 3.57. The van der Waals surface area contributed by atoms with Crippen LogP contribution in [0.1, 0.15) is 24.9 Å². The lowest BCUT2D eigenvalue weighted by atomic mass is 10.0. The molecule has 0 radical (unpaired) electrons. The second-order valence-corrected chi connectivity index (χ2v) is 5.27. The van der Waals surface area contributed by atoms with Gasteiger partial charge >= 0.3 is 5.97 Å². The average molecular weight is 290 g/mol. The zero-order valence-electron chi connectivity index (χ0n) is 12.4. The quantitative estimate of drug-likeness (QED) is 0.629. The minimum absolute atomic E-state index is 0.135. The predicted octanol–water partition coefficient (Wildman–Crippen LogP) is 1.16. The van der Waals surface area contributed by atoms with Gasteiger partial charge in [0, 0.05) is 32.2 Å². The van der Waals surface area contributed by atoms with Gasteiger partial charge in [0.2, 0.25) is 0 Å². The summed E-state index contributed by atoms with van der Waals surface area (Å²) in [4.78, 5) is 24.5. The van der Waals surface area contributed by atoms with E-state index in [0.717, 1.165) is 19.6 Å². The number of carbonyl (C=O) groups is 2. The summed E-state index contributed by atoms with van der Waals surface area (Å²) in [6.45, 7) is 5.16. The maximum Gasteiger partial charge on any atom is 0.313 e. The third-order valence-electron chi connectivity index (χ3n) is 3.57. The van der Waals surface area contributed by atoms with Gasteiger partial charge < -0.3 is 10.1 Å². The first-order valence-corrected chi connectivity index (χ1v) is 7.31. The number of carbonyl (C=O) groups excluding carboxylic acids is 2. The third kappa shape index (κ3) is 4.95. The SMILES string of the molecule is CC(=O)CC(=O)OCCN1CCNCC1c1ccccc1. The van der Waals surface area contributed by atoms with Crippen molar-refractivity contribution in [2.24, 2.45) is 0 Å². The van der Waals surface area contributed by atoms with Crippen molar-refractivity contribution in [3.05, 3.63) is 35.9 Å². The molecule has 114 valence electrons. The van der Waals surface area contributed by atoms with E-state index in [-0.39, 0.29) is 12.2 Å². The Hall–Kier alpha value is -1.72. The van der Waals surface area contributed by atoms with E-state index in [9.17, 15) is 9.59 Å². The van der Waals surface area contributed by atoms with Crippen LogP contribution in [-0.4, -0.2) is 49.4 Å². The Bertz CT molecular complexity index is 476. The van der Waals surface area contributed by atoms with Crippen LogP contribution in [0.2, 0.25) is 0 Å². The number of nitrogens with zero attached hydrogens (tertiary/aromatic N) is 1. The zero-order chi connectivity index (χ0) is 15.1. The van der Waals surface area contributed by atoms with Gasteiger partial charge in [0.25, 0.3) is 0 Å². The molecule has 0 saturated carbocycles. The fourth-order valence-electron chi connectivity index (χ4n) is 2.55. The second-order valence-electron chi connectivity index (χ2n) is 5.27. The predicted molar refractivity (Wildman–Crippen MR) is 79.9 cm³/mol. The number of Topliss-reactive ketones (excluding diaryl/α,β-unsaturated/α-hetero) is 1. The summed E-state index contributed by atoms with van der Waals surface area (Å²) in [5.41, 5.74) is 1.26. The Labute approximate surface area is 125 Å². The minimum Gasteiger partial charge on any atom is -0.464 e. The number of hydrogen-bond donors (Lipinski definition) is 1. The second kappa shape index (κ2) is 7.90. The molecule has 1 atom stereocenters. The van der Waals surface area contributed by atoms with Crippen LogP contribution in [0.3, 0.4) is 0 Å². The lowest BCUT2D eigenvalue weighted by Crippen LogP contribution is -2.47. The standard InChI is InChI=1S/C16H22N2O3/c1-13(19)11-16(20)21-10-9-18-8-7-17-12-15(18)14-5-3-2-4-6-14/h2-6,15,17H,7-12H2,1H3. The van der Waals surface area contributed by atoms with Crippen LogP contribution in [0.25, 0.3) is 0 Å². The van der Waals surface area contributed by atoms with Crippen molar-refractivity contribution in [1.82, 2.24) is 10.2 Å². The van der Waals surface area contributed by atoms with E-state index in [1.165, 1.54) is 12.5 Å². The fraction of sp³-hybridized carbons (Fsp3) is 0.500. The maximum atomic E-state index is 11.4. The molecule has 1 aliphatic heterocycles. The van der Waals surface area contributed by atoms with Gasteiger partial charge in [0.1, 0.15) is 18.8 Å². The maximum absolute atomic E-state index is 11.4. The average Bonchev–Trinajstić information content (AvgIpc) is 2.48. The van der Waals surface area contributed by atoms with E-state index in [0.29, 0.717) is 19.2 Å². The monoisotopic (exact) mass is 290 g/mol. The molecule has 0 amide bonds. The van der Waals surface area contributed by atoms with E-state index >= 15 is 0 Å². The van der Waals surface area contributed by atoms with E-state index < -0.39 is 5.97 Å². The first kappa shape index (κ1) is 15.7. The molecule has 21 heavy (non-hydrogen) atoms. The van der Waals surface area contributed by atoms with Gasteiger partial charge in [-0.3, -0.25) is 14.5 Å². The van der Waals surface area contributed by atoms with Crippen molar-refractivity contribution in [2.75, 3.05) is 32.8 Å². The molecule has 0 spiro atoms. The molecule has 0 aliphatic carbocycles. The highest BCUT2D eigenvalue weighted by Gasteiger charge is 2.23. The zero-order valence-corrected chi connectivity index (χ0v) is 12.4. The van der Waals surface area contributed by atoms with Crippen LogP contribution >= 0.6 is 0 Å². The number of esters is 1. The van der Waals surface area contributed by atoms with Gasteiger partial charge in [-0.15, -0.1) is 0 Å². The summed E-state index contributed by atoms with van der Waals surface area (Å²) < 4.78 is 5.12. The Kier molecular flexibility index (Phi) is 5.90. The van der Waals surface area contributed by atoms with Crippen molar-refractivity contribution in [3.63, 3.8) is 0 Å². The van der Waals surface area contributed by atoms with Gasteiger partial charge in [-0.25, -0.2) is 0 Å². The van der Waals surface area contributed by atoms with Crippen molar-refractivity contribution < 1.29 is 14.3 Å². The highest BCUT2D eigenvalue weighted by atomic mass is 16.5. The minimum atomic E-state index is -0.436. The first-order chi connectivity index (χ1) is 10.2. The van der Waals surface area contributed by atoms with Crippen molar-refractivity contribution in [2.45, 2.75) is 19.4 Å². The molecule has 1 saturated heterocycles. The normalized spacial score (nSPS) is 19.2. The smallest absolute Gasteiger partial charge is 0.313 e. The lowest BCUT2D eigenvalue weighted by Gasteiger charge is -2.36. The van der Waals surface area contributed by atoms with Crippen molar-refractivity contribution in [1.29, 1.82) is 0 Å². The largest absolute Gasteiger partial charge is 0.464 e. The van der Waals surface area contributed by atoms with Crippen LogP contribution in [0, 0.1) is 0 Å². The van der Waals surface area contributed by atoms with E-state index in [4.69, 9.17) is 4.74 Å². The van der Waals surface area contributed by atoms with Crippen LogP contribution in [0.4, 0.5) is 0 Å².